The molecule has 0 heterocycles. The first-order chi connectivity index (χ1) is 13.0. The van der Waals surface area contributed by atoms with Gasteiger partial charge in [0.15, 0.2) is 0 Å². The lowest BCUT2D eigenvalue weighted by atomic mass is 9.73. The van der Waals surface area contributed by atoms with Gasteiger partial charge in [-0.1, -0.05) is 78.9 Å². The number of rotatable bonds is 5. The molecule has 0 aromatic heterocycles. The summed E-state index contributed by atoms with van der Waals surface area (Å²) in [6, 6.07) is 15.2. The van der Waals surface area contributed by atoms with Crippen LogP contribution in [0.1, 0.15) is 54.1 Å². The van der Waals surface area contributed by atoms with Crippen molar-refractivity contribution in [3.8, 4) is 0 Å². The number of amides is 1. The second-order valence-corrected chi connectivity index (χ2v) is 8.29. The molecule has 0 saturated heterocycles. The summed E-state index contributed by atoms with van der Waals surface area (Å²) in [5, 5.41) is 4.01. The lowest BCUT2D eigenvalue weighted by Crippen LogP contribution is -2.56. The van der Waals surface area contributed by atoms with Gasteiger partial charge in [-0.05, 0) is 44.6 Å². The van der Waals surface area contributed by atoms with E-state index in [2.05, 4.69) is 36.4 Å². The number of likely N-dealkylation sites (N-methyl/N-ethyl adjacent to an activating group) is 1. The fraction of sp³-hybridized carbons (Fsp3) is 0.409. The van der Waals surface area contributed by atoms with Crippen LogP contribution in [-0.4, -0.2) is 30.4 Å². The average molecular weight is 405 g/mol. The molecule has 5 heteroatoms. The number of benzene rings is 2. The number of carbonyl (C=O) groups is 1. The van der Waals surface area contributed by atoms with E-state index in [0.717, 1.165) is 31.2 Å². The molecule has 1 amide bonds. The van der Waals surface area contributed by atoms with E-state index in [-0.39, 0.29) is 17.5 Å². The van der Waals surface area contributed by atoms with E-state index in [4.69, 9.17) is 23.2 Å². The Kier molecular flexibility index (Phi) is 6.46. The lowest BCUT2D eigenvalue weighted by Gasteiger charge is -2.49. The maximum absolute atomic E-state index is 13.2. The summed E-state index contributed by atoms with van der Waals surface area (Å²) in [6.07, 6.45) is 5.63. The van der Waals surface area contributed by atoms with Gasteiger partial charge < -0.3 is 10.2 Å². The van der Waals surface area contributed by atoms with Gasteiger partial charge in [0.2, 0.25) is 0 Å². The zero-order chi connectivity index (χ0) is 19.4. The monoisotopic (exact) mass is 404 g/mol. The molecule has 1 fully saturated rings. The van der Waals surface area contributed by atoms with E-state index in [1.54, 1.807) is 18.2 Å². The minimum Gasteiger partial charge on any atom is -0.343 e. The van der Waals surface area contributed by atoms with Crippen LogP contribution < -0.4 is 5.32 Å². The maximum Gasteiger partial charge on any atom is 0.254 e. The van der Waals surface area contributed by atoms with Crippen LogP contribution in [0.25, 0.3) is 0 Å². The van der Waals surface area contributed by atoms with Crippen LogP contribution in [0.3, 0.4) is 0 Å². The molecule has 1 atom stereocenters. The third-order valence-electron chi connectivity index (χ3n) is 5.75. The molecule has 0 bridgehead atoms. The standard InChI is InChI=1S/C22H26Cl2N2O/c1-26(2)22(14-7-4-8-15-22)20(16-10-5-3-6-11-16)25-21(27)19-17(23)12-9-13-18(19)24/h3,5-6,9-13,20H,4,7-8,14-15H2,1-2H3,(H,25,27). The van der Waals surface area contributed by atoms with Gasteiger partial charge in [-0.25, -0.2) is 0 Å². The van der Waals surface area contributed by atoms with Gasteiger partial charge >= 0.3 is 0 Å². The highest BCUT2D eigenvalue weighted by atomic mass is 35.5. The second kappa shape index (κ2) is 8.64. The summed E-state index contributed by atoms with van der Waals surface area (Å²) < 4.78 is 0. The maximum atomic E-state index is 13.2. The van der Waals surface area contributed by atoms with Gasteiger partial charge in [-0.15, -0.1) is 0 Å². The van der Waals surface area contributed by atoms with Crippen LogP contribution in [0.4, 0.5) is 0 Å². The Morgan fingerprint density at radius 2 is 1.56 bits per heavy atom. The van der Waals surface area contributed by atoms with Gasteiger partial charge in [0, 0.05) is 5.54 Å². The van der Waals surface area contributed by atoms with Crippen LogP contribution in [0.5, 0.6) is 0 Å². The smallest absolute Gasteiger partial charge is 0.254 e. The number of hydrogen-bond donors (Lipinski definition) is 1. The van der Waals surface area contributed by atoms with Crippen molar-refractivity contribution in [2.75, 3.05) is 14.1 Å². The van der Waals surface area contributed by atoms with E-state index in [1.807, 2.05) is 18.2 Å². The van der Waals surface area contributed by atoms with Gasteiger partial charge in [-0.2, -0.15) is 0 Å². The van der Waals surface area contributed by atoms with Gasteiger partial charge in [0.05, 0.1) is 21.7 Å². The number of halogens is 2. The highest BCUT2D eigenvalue weighted by Crippen LogP contribution is 2.42. The Hall–Kier alpha value is -1.55. The molecule has 1 N–H and O–H groups in total. The minimum absolute atomic E-state index is 0.136. The normalized spacial score (nSPS) is 17.5. The molecule has 1 aliphatic carbocycles. The predicted molar refractivity (Wildman–Crippen MR) is 113 cm³/mol. The largest absolute Gasteiger partial charge is 0.343 e. The third kappa shape index (κ3) is 4.16. The van der Waals surface area contributed by atoms with E-state index >= 15 is 0 Å². The zero-order valence-corrected chi connectivity index (χ0v) is 17.4. The Bertz CT molecular complexity index is 766. The van der Waals surface area contributed by atoms with E-state index in [1.165, 1.54) is 6.42 Å². The van der Waals surface area contributed by atoms with Crippen LogP contribution in [0, 0.1) is 0 Å². The first kappa shape index (κ1) is 20.2. The highest BCUT2D eigenvalue weighted by molar-refractivity contribution is 6.39. The second-order valence-electron chi connectivity index (χ2n) is 7.47. The van der Waals surface area contributed by atoms with Gasteiger partial charge in [0.25, 0.3) is 5.91 Å². The topological polar surface area (TPSA) is 32.3 Å². The minimum atomic E-state index is -0.230. The molecule has 1 aliphatic rings. The Morgan fingerprint density at radius 3 is 2.11 bits per heavy atom. The fourth-order valence-corrected chi connectivity index (χ4v) is 4.82. The number of hydrogen-bond acceptors (Lipinski definition) is 2. The molecule has 0 aliphatic heterocycles. The summed E-state index contributed by atoms with van der Waals surface area (Å²) in [4.78, 5) is 15.5. The van der Waals surface area contributed by atoms with Crippen LogP contribution in [0.2, 0.25) is 10.0 Å². The molecule has 1 unspecified atom stereocenters. The lowest BCUT2D eigenvalue weighted by molar-refractivity contribution is 0.0506. The van der Waals surface area contributed by atoms with E-state index in [0.29, 0.717) is 15.6 Å². The molecule has 0 spiro atoms. The van der Waals surface area contributed by atoms with Crippen molar-refractivity contribution in [3.63, 3.8) is 0 Å². The Balaban J connectivity index is 2.02. The summed E-state index contributed by atoms with van der Waals surface area (Å²) in [5.74, 6) is -0.230. The molecule has 144 valence electrons. The summed E-state index contributed by atoms with van der Waals surface area (Å²) in [7, 11) is 4.21. The number of nitrogens with zero attached hydrogens (tertiary/aromatic N) is 1. The van der Waals surface area contributed by atoms with Gasteiger partial charge in [-0.3, -0.25) is 4.79 Å². The van der Waals surface area contributed by atoms with Crippen molar-refractivity contribution in [2.45, 2.75) is 43.7 Å². The molecule has 27 heavy (non-hydrogen) atoms. The molecule has 3 rings (SSSR count). The number of nitrogens with one attached hydrogen (secondary N) is 1. The molecule has 2 aromatic rings. The third-order valence-corrected chi connectivity index (χ3v) is 6.38. The SMILES string of the molecule is CN(C)C1(C(NC(=O)c2c(Cl)cccc2Cl)c2ccccc2)CCCCC1. The van der Waals surface area contributed by atoms with Gasteiger partial charge in [0.1, 0.15) is 0 Å². The first-order valence-electron chi connectivity index (χ1n) is 9.43. The summed E-state index contributed by atoms with van der Waals surface area (Å²) >= 11 is 12.6. The molecule has 1 saturated carbocycles. The molecule has 0 radical (unpaired) electrons. The summed E-state index contributed by atoms with van der Waals surface area (Å²) in [6.45, 7) is 0. The van der Waals surface area contributed by atoms with Crippen molar-refractivity contribution in [2.24, 2.45) is 0 Å². The first-order valence-corrected chi connectivity index (χ1v) is 10.2. The van der Waals surface area contributed by atoms with Crippen LogP contribution in [0.15, 0.2) is 48.5 Å². The van der Waals surface area contributed by atoms with Crippen molar-refractivity contribution < 1.29 is 4.79 Å². The summed E-state index contributed by atoms with van der Waals surface area (Å²) in [5.41, 5.74) is 1.30. The Labute approximate surface area is 171 Å². The molecule has 3 nitrogen and oxygen atoms in total. The van der Waals surface area contributed by atoms with Crippen LogP contribution in [-0.2, 0) is 0 Å². The Morgan fingerprint density at radius 1 is 0.963 bits per heavy atom. The van der Waals surface area contributed by atoms with Crippen molar-refractivity contribution >= 4 is 29.1 Å². The fourth-order valence-electron chi connectivity index (χ4n) is 4.25. The van der Waals surface area contributed by atoms with E-state index in [9.17, 15) is 4.79 Å². The van der Waals surface area contributed by atoms with Crippen molar-refractivity contribution in [3.05, 3.63) is 69.7 Å². The average Bonchev–Trinajstić information content (AvgIpc) is 2.67. The van der Waals surface area contributed by atoms with Crippen molar-refractivity contribution in [1.29, 1.82) is 0 Å². The van der Waals surface area contributed by atoms with Crippen LogP contribution >= 0.6 is 23.2 Å². The highest BCUT2D eigenvalue weighted by Gasteiger charge is 2.43. The molecular formula is C22H26Cl2N2O. The number of carbonyl (C=O) groups excluding carboxylic acids is 1. The van der Waals surface area contributed by atoms with E-state index < -0.39 is 0 Å². The van der Waals surface area contributed by atoms with Crippen molar-refractivity contribution in [1.82, 2.24) is 10.2 Å². The molecule has 2 aromatic carbocycles. The predicted octanol–water partition coefficient (Wildman–Crippen LogP) is 5.73. The molecular weight excluding hydrogens is 379 g/mol. The quantitative estimate of drug-likeness (QED) is 0.689. The zero-order valence-electron chi connectivity index (χ0n) is 15.8.